The second kappa shape index (κ2) is 7.55. The van der Waals surface area contributed by atoms with E-state index in [-0.39, 0.29) is 6.03 Å². The summed E-state index contributed by atoms with van der Waals surface area (Å²) >= 11 is 0. The number of amides is 2. The van der Waals surface area contributed by atoms with Crippen LogP contribution in [0.3, 0.4) is 0 Å². The summed E-state index contributed by atoms with van der Waals surface area (Å²) in [6.07, 6.45) is 3.11. The normalized spacial score (nSPS) is 12.7. The first-order valence-electron chi connectivity index (χ1n) is 6.06. The first-order valence-corrected chi connectivity index (χ1v) is 6.06. The second-order valence-corrected chi connectivity index (χ2v) is 4.36. The lowest BCUT2D eigenvalue weighted by atomic mass is 10.1. The number of carbonyl (C=O) groups is 1. The van der Waals surface area contributed by atoms with Gasteiger partial charge >= 0.3 is 6.03 Å². The predicted octanol–water partition coefficient (Wildman–Crippen LogP) is 2.86. The van der Waals surface area contributed by atoms with E-state index in [9.17, 15) is 4.79 Å². The van der Waals surface area contributed by atoms with Crippen molar-refractivity contribution in [2.45, 2.75) is 53.0 Å². The number of nitrogens with one attached hydrogen (secondary N) is 1. The lowest BCUT2D eigenvalue weighted by Crippen LogP contribution is -2.44. The minimum atomic E-state index is 0.0593. The maximum Gasteiger partial charge on any atom is 0.317 e. The van der Waals surface area contributed by atoms with Crippen molar-refractivity contribution in [1.82, 2.24) is 10.2 Å². The number of urea groups is 1. The molecular weight excluding hydrogens is 188 g/mol. The quantitative estimate of drug-likeness (QED) is 0.724. The van der Waals surface area contributed by atoms with Gasteiger partial charge in [-0.1, -0.05) is 34.1 Å². The number of carbonyl (C=O) groups excluding carboxylic acids is 1. The molecule has 0 aromatic heterocycles. The summed E-state index contributed by atoms with van der Waals surface area (Å²) in [6, 6.07) is 0.376. The molecule has 0 radical (unpaired) electrons. The van der Waals surface area contributed by atoms with Gasteiger partial charge in [0, 0.05) is 19.6 Å². The van der Waals surface area contributed by atoms with Crippen molar-refractivity contribution in [2.75, 3.05) is 13.6 Å². The van der Waals surface area contributed by atoms with E-state index >= 15 is 0 Å². The van der Waals surface area contributed by atoms with E-state index in [2.05, 4.69) is 33.0 Å². The molecule has 0 aliphatic carbocycles. The number of hydrogen-bond acceptors (Lipinski definition) is 1. The van der Waals surface area contributed by atoms with Crippen LogP contribution in [0.5, 0.6) is 0 Å². The SMILES string of the molecule is CCC(C)CN(C)C(=O)NC(CC)CC. The van der Waals surface area contributed by atoms with Crippen LogP contribution in [-0.2, 0) is 0 Å². The number of rotatable bonds is 6. The van der Waals surface area contributed by atoms with E-state index in [0.717, 1.165) is 25.8 Å². The van der Waals surface area contributed by atoms with Gasteiger partial charge in [0.15, 0.2) is 0 Å². The Morgan fingerprint density at radius 1 is 1.20 bits per heavy atom. The lowest BCUT2D eigenvalue weighted by Gasteiger charge is -2.24. The lowest BCUT2D eigenvalue weighted by molar-refractivity contribution is 0.196. The summed E-state index contributed by atoms with van der Waals surface area (Å²) in [7, 11) is 1.86. The minimum absolute atomic E-state index is 0.0593. The van der Waals surface area contributed by atoms with Gasteiger partial charge in [-0.25, -0.2) is 4.79 Å². The highest BCUT2D eigenvalue weighted by Crippen LogP contribution is 2.04. The molecule has 0 spiro atoms. The van der Waals surface area contributed by atoms with Crippen molar-refractivity contribution in [2.24, 2.45) is 5.92 Å². The largest absolute Gasteiger partial charge is 0.335 e. The highest BCUT2D eigenvalue weighted by atomic mass is 16.2. The van der Waals surface area contributed by atoms with Gasteiger partial charge in [0.05, 0.1) is 0 Å². The summed E-state index contributed by atoms with van der Waals surface area (Å²) in [5.74, 6) is 0.572. The summed E-state index contributed by atoms with van der Waals surface area (Å²) in [6.45, 7) is 9.35. The molecule has 1 N–H and O–H groups in total. The van der Waals surface area contributed by atoms with Gasteiger partial charge in [-0.3, -0.25) is 0 Å². The Hall–Kier alpha value is -0.730. The van der Waals surface area contributed by atoms with Crippen LogP contribution in [0.2, 0.25) is 0 Å². The fourth-order valence-corrected chi connectivity index (χ4v) is 1.46. The van der Waals surface area contributed by atoms with E-state index < -0.39 is 0 Å². The van der Waals surface area contributed by atoms with E-state index in [4.69, 9.17) is 0 Å². The minimum Gasteiger partial charge on any atom is -0.335 e. The molecule has 3 heteroatoms. The predicted molar refractivity (Wildman–Crippen MR) is 65.0 cm³/mol. The molecule has 0 heterocycles. The molecule has 0 aromatic carbocycles. The first-order chi connectivity index (χ1) is 7.04. The van der Waals surface area contributed by atoms with Crippen LogP contribution in [0, 0.1) is 5.92 Å². The van der Waals surface area contributed by atoms with Crippen molar-refractivity contribution in [3.63, 3.8) is 0 Å². The topological polar surface area (TPSA) is 32.3 Å². The Bertz CT molecular complexity index is 178. The summed E-state index contributed by atoms with van der Waals surface area (Å²) in [4.78, 5) is 13.5. The Balaban J connectivity index is 3.97. The molecule has 0 fully saturated rings. The Morgan fingerprint density at radius 2 is 1.73 bits per heavy atom. The average molecular weight is 214 g/mol. The summed E-state index contributed by atoms with van der Waals surface area (Å²) in [5.41, 5.74) is 0. The molecule has 90 valence electrons. The monoisotopic (exact) mass is 214 g/mol. The van der Waals surface area contributed by atoms with Gasteiger partial charge in [-0.15, -0.1) is 0 Å². The number of nitrogens with zero attached hydrogens (tertiary/aromatic N) is 1. The van der Waals surface area contributed by atoms with E-state index in [1.807, 2.05) is 7.05 Å². The molecule has 0 bridgehead atoms. The highest BCUT2D eigenvalue weighted by Gasteiger charge is 2.13. The van der Waals surface area contributed by atoms with Gasteiger partial charge in [0.2, 0.25) is 0 Å². The maximum absolute atomic E-state index is 11.7. The highest BCUT2D eigenvalue weighted by molar-refractivity contribution is 5.74. The van der Waals surface area contributed by atoms with E-state index in [0.29, 0.717) is 12.0 Å². The molecule has 2 amide bonds. The third-order valence-electron chi connectivity index (χ3n) is 2.94. The van der Waals surface area contributed by atoms with Crippen molar-refractivity contribution < 1.29 is 4.79 Å². The molecule has 0 saturated heterocycles. The van der Waals surface area contributed by atoms with Gasteiger partial charge in [-0.05, 0) is 18.8 Å². The zero-order valence-corrected chi connectivity index (χ0v) is 10.8. The van der Waals surface area contributed by atoms with Gasteiger partial charge in [0.1, 0.15) is 0 Å². The van der Waals surface area contributed by atoms with Crippen LogP contribution >= 0.6 is 0 Å². The molecule has 0 saturated carbocycles. The van der Waals surface area contributed by atoms with E-state index in [1.165, 1.54) is 0 Å². The standard InChI is InChI=1S/C12H26N2O/c1-6-10(4)9-14(5)12(15)13-11(7-2)8-3/h10-11H,6-9H2,1-5H3,(H,13,15). The molecular formula is C12H26N2O. The van der Waals surface area contributed by atoms with Crippen LogP contribution < -0.4 is 5.32 Å². The first kappa shape index (κ1) is 14.3. The van der Waals surface area contributed by atoms with Gasteiger partial charge < -0.3 is 10.2 Å². The van der Waals surface area contributed by atoms with Crippen LogP contribution in [0.15, 0.2) is 0 Å². The Labute approximate surface area is 94.2 Å². The van der Waals surface area contributed by atoms with Crippen LogP contribution in [0.1, 0.15) is 47.0 Å². The molecule has 0 aromatic rings. The van der Waals surface area contributed by atoms with Crippen LogP contribution in [0.4, 0.5) is 4.79 Å². The van der Waals surface area contributed by atoms with Crippen molar-refractivity contribution in [3.8, 4) is 0 Å². The smallest absolute Gasteiger partial charge is 0.317 e. The average Bonchev–Trinajstić information content (AvgIpc) is 2.24. The molecule has 1 atom stereocenters. The van der Waals surface area contributed by atoms with E-state index in [1.54, 1.807) is 4.90 Å². The molecule has 0 aliphatic rings. The number of hydrogen-bond donors (Lipinski definition) is 1. The molecule has 1 unspecified atom stereocenters. The summed E-state index contributed by atoms with van der Waals surface area (Å²) in [5, 5.41) is 3.03. The fraction of sp³-hybridized carbons (Fsp3) is 0.917. The molecule has 3 nitrogen and oxygen atoms in total. The zero-order valence-electron chi connectivity index (χ0n) is 10.8. The van der Waals surface area contributed by atoms with Crippen LogP contribution in [0.25, 0.3) is 0 Å². The Kier molecular flexibility index (Phi) is 7.18. The molecule has 0 aliphatic heterocycles. The van der Waals surface area contributed by atoms with Crippen molar-refractivity contribution in [1.29, 1.82) is 0 Å². The Morgan fingerprint density at radius 3 is 2.13 bits per heavy atom. The van der Waals surface area contributed by atoms with Crippen LogP contribution in [-0.4, -0.2) is 30.6 Å². The fourth-order valence-electron chi connectivity index (χ4n) is 1.46. The maximum atomic E-state index is 11.7. The zero-order chi connectivity index (χ0) is 11.8. The van der Waals surface area contributed by atoms with Crippen molar-refractivity contribution in [3.05, 3.63) is 0 Å². The third-order valence-corrected chi connectivity index (χ3v) is 2.94. The second-order valence-electron chi connectivity index (χ2n) is 4.36. The summed E-state index contributed by atoms with van der Waals surface area (Å²) < 4.78 is 0. The van der Waals surface area contributed by atoms with Gasteiger partial charge in [0.25, 0.3) is 0 Å². The van der Waals surface area contributed by atoms with Gasteiger partial charge in [-0.2, -0.15) is 0 Å². The molecule has 0 rings (SSSR count). The molecule has 15 heavy (non-hydrogen) atoms. The third kappa shape index (κ3) is 5.65. The van der Waals surface area contributed by atoms with Crippen molar-refractivity contribution >= 4 is 6.03 Å².